The Bertz CT molecular complexity index is 1550. The number of likely N-dealkylation sites (tertiary alicyclic amines) is 1. The zero-order chi connectivity index (χ0) is 31.3. The second-order valence-corrected chi connectivity index (χ2v) is 13.7. The lowest BCUT2D eigenvalue weighted by molar-refractivity contribution is -0.131. The number of aromatic nitrogens is 2. The fourth-order valence-electron chi connectivity index (χ4n) is 8.42. The molecule has 4 atom stereocenters. The third-order valence-electron chi connectivity index (χ3n) is 11.0. The number of hydrogen-bond donors (Lipinski definition) is 0. The van der Waals surface area contributed by atoms with Crippen LogP contribution in [-0.2, 0) is 23.1 Å². The van der Waals surface area contributed by atoms with Crippen LogP contribution in [0.1, 0.15) is 79.9 Å². The molecule has 0 N–H and O–H groups in total. The summed E-state index contributed by atoms with van der Waals surface area (Å²) < 4.78 is 37.3. The Kier molecular flexibility index (Phi) is 8.19. The molecule has 7 rings (SSSR count). The lowest BCUT2D eigenvalue weighted by atomic mass is 9.68. The van der Waals surface area contributed by atoms with Crippen molar-refractivity contribution in [2.45, 2.75) is 93.9 Å². The second-order valence-electron chi connectivity index (χ2n) is 13.3. The summed E-state index contributed by atoms with van der Waals surface area (Å²) in [5.41, 5.74) is 2.34. The van der Waals surface area contributed by atoms with Gasteiger partial charge in [0.1, 0.15) is 12.4 Å². The summed E-state index contributed by atoms with van der Waals surface area (Å²) >= 11 is 6.56. The molecule has 11 heteroatoms. The van der Waals surface area contributed by atoms with E-state index in [4.69, 9.17) is 26.3 Å². The smallest absolute Gasteiger partial charge is 0.318 e. The van der Waals surface area contributed by atoms with Gasteiger partial charge in [0.15, 0.2) is 12.0 Å². The van der Waals surface area contributed by atoms with Crippen molar-refractivity contribution < 1.29 is 18.3 Å². The molecule has 5 aliphatic rings. The predicted octanol–water partition coefficient (Wildman–Crippen LogP) is 5.78. The van der Waals surface area contributed by atoms with Gasteiger partial charge in [-0.25, -0.2) is 8.78 Å². The van der Waals surface area contributed by atoms with Crippen LogP contribution in [-0.4, -0.2) is 76.6 Å². The highest BCUT2D eigenvalue weighted by atomic mass is 35.5. The molecule has 0 unspecified atom stereocenters. The number of piperazine rings is 1. The van der Waals surface area contributed by atoms with Gasteiger partial charge in [0, 0.05) is 47.7 Å². The number of benzene rings is 1. The molecule has 45 heavy (non-hydrogen) atoms. The molecule has 1 aromatic heterocycles. The molecule has 0 radical (unpaired) electrons. The van der Waals surface area contributed by atoms with Crippen molar-refractivity contribution in [3.63, 3.8) is 0 Å². The van der Waals surface area contributed by atoms with Crippen molar-refractivity contribution in [3.8, 4) is 12.1 Å². The number of nitrogens with zero attached hydrogens (tertiary/aromatic N) is 6. The van der Waals surface area contributed by atoms with Crippen molar-refractivity contribution in [2.75, 3.05) is 37.7 Å². The fraction of sp³-hybridized carbons (Fsp3) is 0.588. The van der Waals surface area contributed by atoms with Crippen LogP contribution in [0.15, 0.2) is 30.6 Å². The van der Waals surface area contributed by atoms with Crippen molar-refractivity contribution in [3.05, 3.63) is 58.0 Å². The molecule has 3 fully saturated rings. The zero-order valence-electron chi connectivity index (χ0n) is 25.5. The molecule has 2 aromatic rings. The van der Waals surface area contributed by atoms with E-state index in [-0.39, 0.29) is 31.6 Å². The lowest BCUT2D eigenvalue weighted by Gasteiger charge is -2.43. The Labute approximate surface area is 268 Å². The number of rotatable bonds is 7. The van der Waals surface area contributed by atoms with Gasteiger partial charge in [-0.15, -0.1) is 0 Å². The number of carbonyl (C=O) groups excluding carboxylic acids is 1. The Morgan fingerprint density at radius 1 is 1.11 bits per heavy atom. The number of carbonyl (C=O) groups is 1. The number of amides is 1. The van der Waals surface area contributed by atoms with E-state index in [1.165, 1.54) is 24.2 Å². The Morgan fingerprint density at radius 2 is 1.91 bits per heavy atom. The fourth-order valence-corrected chi connectivity index (χ4v) is 8.69. The minimum absolute atomic E-state index is 0.0250. The minimum atomic E-state index is -1.38. The van der Waals surface area contributed by atoms with E-state index in [1.54, 1.807) is 0 Å². The highest BCUT2D eigenvalue weighted by molar-refractivity contribution is 6.31. The maximum absolute atomic E-state index is 17.1. The molecular formula is C34H39ClF2N6O2. The maximum atomic E-state index is 17.1. The summed E-state index contributed by atoms with van der Waals surface area (Å²) in [6.07, 6.45) is 7.07. The topological polar surface area (TPSA) is 85.6 Å². The number of ether oxygens (including phenoxy) is 1. The second kappa shape index (κ2) is 12.1. The van der Waals surface area contributed by atoms with Gasteiger partial charge in [-0.05, 0) is 75.1 Å². The van der Waals surface area contributed by atoms with E-state index in [9.17, 15) is 14.4 Å². The van der Waals surface area contributed by atoms with E-state index < -0.39 is 29.4 Å². The van der Waals surface area contributed by atoms with Crippen LogP contribution in [0.4, 0.5) is 14.6 Å². The normalized spacial score (nSPS) is 28.0. The van der Waals surface area contributed by atoms with Crippen molar-refractivity contribution in [1.82, 2.24) is 19.8 Å². The number of alkyl halides is 1. The third-order valence-corrected chi connectivity index (χ3v) is 11.3. The minimum Gasteiger partial charge on any atom is -0.462 e. The molecule has 0 bridgehead atoms. The van der Waals surface area contributed by atoms with Crippen LogP contribution in [0.2, 0.25) is 5.02 Å². The summed E-state index contributed by atoms with van der Waals surface area (Å²) in [6, 6.07) is 8.38. The third kappa shape index (κ3) is 5.26. The molecule has 1 aromatic carbocycles. The summed E-state index contributed by atoms with van der Waals surface area (Å²) in [6.45, 7) is 5.48. The van der Waals surface area contributed by atoms with Crippen LogP contribution >= 0.6 is 11.6 Å². The van der Waals surface area contributed by atoms with E-state index in [0.717, 1.165) is 42.5 Å². The number of hydrogen-bond acceptors (Lipinski definition) is 7. The first-order valence-electron chi connectivity index (χ1n) is 16.3. The first-order valence-corrected chi connectivity index (χ1v) is 16.7. The summed E-state index contributed by atoms with van der Waals surface area (Å²) in [7, 11) is 0. The van der Waals surface area contributed by atoms with Crippen molar-refractivity contribution in [1.29, 1.82) is 5.26 Å². The Morgan fingerprint density at radius 3 is 2.64 bits per heavy atom. The van der Waals surface area contributed by atoms with Gasteiger partial charge in [-0.3, -0.25) is 9.69 Å². The summed E-state index contributed by atoms with van der Waals surface area (Å²) in [5.74, 6) is -1.28. The number of fused-ring (bicyclic) bond motifs is 3. The van der Waals surface area contributed by atoms with Crippen molar-refractivity contribution >= 4 is 23.3 Å². The molecule has 3 aliphatic carbocycles. The van der Waals surface area contributed by atoms with E-state index >= 15 is 4.39 Å². The quantitative estimate of drug-likeness (QED) is 0.356. The van der Waals surface area contributed by atoms with Crippen LogP contribution in [0.3, 0.4) is 0 Å². The molecule has 1 spiro atoms. The average molecular weight is 637 g/mol. The van der Waals surface area contributed by atoms with Gasteiger partial charge < -0.3 is 14.5 Å². The molecule has 238 valence electrons. The van der Waals surface area contributed by atoms with E-state index in [1.807, 2.05) is 23.1 Å². The Balaban J connectivity index is 1.23. The number of anilines is 1. The first-order chi connectivity index (χ1) is 21.8. The van der Waals surface area contributed by atoms with Crippen LogP contribution < -0.4 is 9.64 Å². The number of halogens is 3. The maximum Gasteiger partial charge on any atom is 0.318 e. The van der Waals surface area contributed by atoms with Gasteiger partial charge in [0.25, 0.3) is 5.91 Å². The average Bonchev–Trinajstić information content (AvgIpc) is 3.62. The molecule has 2 aliphatic heterocycles. The molecule has 2 saturated heterocycles. The Hall–Kier alpha value is -3.29. The van der Waals surface area contributed by atoms with Gasteiger partial charge in [-0.2, -0.15) is 15.2 Å². The summed E-state index contributed by atoms with van der Waals surface area (Å²) in [4.78, 5) is 28.1. The van der Waals surface area contributed by atoms with Gasteiger partial charge in [-0.1, -0.05) is 36.7 Å². The molecular weight excluding hydrogens is 598 g/mol. The standard InChI is InChI=1S/C34H39ClF2N6O2/c1-21(36)32(44)43-18-17-41(19-23(43)12-15-38)31-26-11-14-34(13-10-25-27(34)8-3-9-28(25)35)30(37)29(26)39-33(40-31)45-20-24-7-4-16-42(24)22-5-2-6-22/h3,8-9,22-24,30H,1-2,4-7,10-14,16-20H2/t23-,24-,30-,34+/m0/s1. The molecule has 1 amide bonds. The van der Waals surface area contributed by atoms with Crippen LogP contribution in [0, 0.1) is 11.3 Å². The van der Waals surface area contributed by atoms with E-state index in [2.05, 4.69) is 17.5 Å². The zero-order valence-corrected chi connectivity index (χ0v) is 26.2. The molecule has 8 nitrogen and oxygen atoms in total. The highest BCUT2D eigenvalue weighted by Crippen LogP contribution is 2.56. The summed E-state index contributed by atoms with van der Waals surface area (Å²) in [5, 5.41) is 10.2. The van der Waals surface area contributed by atoms with Crippen LogP contribution in [0.25, 0.3) is 0 Å². The van der Waals surface area contributed by atoms with Gasteiger partial charge in [0.2, 0.25) is 0 Å². The van der Waals surface area contributed by atoms with Crippen LogP contribution in [0.5, 0.6) is 6.01 Å². The highest BCUT2D eigenvalue weighted by Gasteiger charge is 2.51. The number of nitriles is 1. The monoisotopic (exact) mass is 636 g/mol. The molecule has 3 heterocycles. The van der Waals surface area contributed by atoms with Gasteiger partial charge in [0.05, 0.1) is 24.2 Å². The first kappa shape index (κ1) is 30.4. The van der Waals surface area contributed by atoms with Gasteiger partial charge >= 0.3 is 6.01 Å². The predicted molar refractivity (Wildman–Crippen MR) is 167 cm³/mol. The largest absolute Gasteiger partial charge is 0.462 e. The molecule has 1 saturated carbocycles. The lowest BCUT2D eigenvalue weighted by Crippen LogP contribution is -2.55. The SMILES string of the molecule is C=C(F)C(=O)N1CCN(c2nc(OC[C@@H]3CCCN3C3CCC3)nc3c2CC[C@@]2(CCc4c(Cl)cccc42)[C@H]3F)C[C@@H]1CC#N. The van der Waals surface area contributed by atoms with Crippen molar-refractivity contribution in [2.24, 2.45) is 0 Å². The van der Waals surface area contributed by atoms with E-state index in [0.29, 0.717) is 55.0 Å².